The second-order valence-corrected chi connectivity index (χ2v) is 14.0. The molecule has 3 aromatic rings. The zero-order valence-corrected chi connectivity index (χ0v) is 25.5. The minimum atomic E-state index is -3.67. The van der Waals surface area contributed by atoms with E-state index in [-0.39, 0.29) is 46.8 Å². The lowest BCUT2D eigenvalue weighted by Gasteiger charge is -2.30. The van der Waals surface area contributed by atoms with Crippen molar-refractivity contribution in [2.24, 2.45) is 17.8 Å². The molecule has 2 aromatic carbocycles. The molecular weight excluding hydrogens is 593 g/mol. The van der Waals surface area contributed by atoms with Gasteiger partial charge in [-0.25, -0.2) is 12.8 Å². The summed E-state index contributed by atoms with van der Waals surface area (Å²) in [5.74, 6) is -0.495. The molecule has 6 rings (SSSR count). The lowest BCUT2D eigenvalue weighted by Crippen LogP contribution is -2.37. The normalized spacial score (nSPS) is 21.8. The van der Waals surface area contributed by atoms with E-state index in [9.17, 15) is 18.0 Å². The largest absolute Gasteiger partial charge is 0.469 e. The number of rotatable bonds is 10. The summed E-state index contributed by atoms with van der Waals surface area (Å²) in [6.45, 7) is 3.47. The standard InChI is InChI=1S/C31H34FN3O6S2/c1-40-30(36)11-6-21-4-8-23(9-5-21)43(38,39)34-18-24-25(19-34)26(24)20-35(31(37)29-3-2-16-42-29)22-7-10-28(27(32)17-22)33-12-14-41-15-13-33/h2-5,7-10,16-17,24-26H,6,11-15,18-20H2,1H3. The van der Waals surface area contributed by atoms with Gasteiger partial charge in [0.1, 0.15) is 5.82 Å². The number of sulfonamides is 1. The highest BCUT2D eigenvalue weighted by Gasteiger charge is 2.58. The number of carbonyl (C=O) groups is 2. The molecule has 1 aliphatic carbocycles. The Kier molecular flexibility index (Phi) is 8.54. The van der Waals surface area contributed by atoms with E-state index in [4.69, 9.17) is 4.74 Å². The number of methoxy groups -OCH3 is 1. The van der Waals surface area contributed by atoms with Gasteiger partial charge in [-0.15, -0.1) is 11.3 Å². The van der Waals surface area contributed by atoms with Crippen LogP contribution in [0, 0.1) is 23.6 Å². The lowest BCUT2D eigenvalue weighted by molar-refractivity contribution is -0.140. The van der Waals surface area contributed by atoms with Crippen molar-refractivity contribution in [3.63, 3.8) is 0 Å². The van der Waals surface area contributed by atoms with Crippen LogP contribution in [0.1, 0.15) is 21.7 Å². The van der Waals surface area contributed by atoms with Crippen LogP contribution in [-0.2, 0) is 30.7 Å². The molecule has 43 heavy (non-hydrogen) atoms. The first kappa shape index (κ1) is 29.7. The van der Waals surface area contributed by atoms with Gasteiger partial charge in [0, 0.05) is 44.8 Å². The number of piperidine rings is 1. The van der Waals surface area contributed by atoms with Crippen molar-refractivity contribution in [2.75, 3.05) is 62.8 Å². The number of aryl methyl sites for hydroxylation is 1. The first-order valence-electron chi connectivity index (χ1n) is 14.4. The summed E-state index contributed by atoms with van der Waals surface area (Å²) in [6.07, 6.45) is 0.708. The molecule has 1 aromatic heterocycles. The second-order valence-electron chi connectivity index (χ2n) is 11.2. The number of hydrogen-bond donors (Lipinski definition) is 0. The van der Waals surface area contributed by atoms with Crippen LogP contribution in [0.4, 0.5) is 15.8 Å². The van der Waals surface area contributed by atoms with Gasteiger partial charge in [-0.2, -0.15) is 4.31 Å². The molecule has 0 radical (unpaired) electrons. The van der Waals surface area contributed by atoms with Gasteiger partial charge in [0.2, 0.25) is 10.0 Å². The highest BCUT2D eigenvalue weighted by molar-refractivity contribution is 7.89. The molecule has 0 spiro atoms. The van der Waals surface area contributed by atoms with Gasteiger partial charge in [0.05, 0.1) is 35.8 Å². The summed E-state index contributed by atoms with van der Waals surface area (Å²) in [5.41, 5.74) is 1.85. The number of thiophene rings is 1. The van der Waals surface area contributed by atoms with Crippen LogP contribution in [-0.4, -0.2) is 77.6 Å². The lowest BCUT2D eigenvalue weighted by atomic mass is 10.1. The Bertz CT molecular complexity index is 1560. The number of fused-ring (bicyclic) bond motifs is 1. The molecule has 2 saturated heterocycles. The molecule has 1 amide bonds. The predicted octanol–water partition coefficient (Wildman–Crippen LogP) is 4.04. The third-order valence-electron chi connectivity index (χ3n) is 8.71. The number of carbonyl (C=O) groups excluding carboxylic acids is 2. The maximum atomic E-state index is 15.3. The van der Waals surface area contributed by atoms with E-state index < -0.39 is 10.0 Å². The fraction of sp³-hybridized carbons (Fsp3) is 0.419. The quantitative estimate of drug-likeness (QED) is 0.313. The fourth-order valence-electron chi connectivity index (χ4n) is 6.18. The van der Waals surface area contributed by atoms with Crippen molar-refractivity contribution in [3.8, 4) is 0 Å². The van der Waals surface area contributed by atoms with Crippen LogP contribution < -0.4 is 9.80 Å². The molecule has 1 saturated carbocycles. The maximum Gasteiger partial charge on any atom is 0.305 e. The molecule has 2 atom stereocenters. The molecular formula is C31H34FN3O6S2. The van der Waals surface area contributed by atoms with Crippen LogP contribution >= 0.6 is 11.3 Å². The van der Waals surface area contributed by atoms with E-state index in [1.165, 1.54) is 28.8 Å². The summed E-state index contributed by atoms with van der Waals surface area (Å²) >= 11 is 1.34. The molecule has 9 nitrogen and oxygen atoms in total. The number of benzene rings is 2. The summed E-state index contributed by atoms with van der Waals surface area (Å²) in [4.78, 5) is 29.4. The van der Waals surface area contributed by atoms with E-state index in [1.807, 2.05) is 16.3 Å². The van der Waals surface area contributed by atoms with Crippen molar-refractivity contribution in [1.82, 2.24) is 4.31 Å². The topological polar surface area (TPSA) is 96.5 Å². The Morgan fingerprint density at radius 1 is 1.07 bits per heavy atom. The number of morpholine rings is 1. The van der Waals surface area contributed by atoms with E-state index in [0.717, 1.165) is 5.56 Å². The SMILES string of the molecule is COC(=O)CCc1ccc(S(=O)(=O)N2CC3C(CN(C(=O)c4cccs4)c4ccc(N5CCOCC5)c(F)c4)C3C2)cc1. The Labute approximate surface area is 254 Å². The number of halogens is 1. The van der Waals surface area contributed by atoms with Gasteiger partial charge >= 0.3 is 5.97 Å². The Morgan fingerprint density at radius 3 is 2.42 bits per heavy atom. The average Bonchev–Trinajstić information content (AvgIpc) is 3.40. The van der Waals surface area contributed by atoms with Crippen LogP contribution in [0.15, 0.2) is 64.9 Å². The van der Waals surface area contributed by atoms with Crippen LogP contribution in [0.2, 0.25) is 0 Å². The third-order valence-corrected chi connectivity index (χ3v) is 11.4. The highest BCUT2D eigenvalue weighted by Crippen LogP contribution is 2.53. The minimum Gasteiger partial charge on any atom is -0.469 e. The Morgan fingerprint density at radius 2 is 1.79 bits per heavy atom. The number of hydrogen-bond acceptors (Lipinski definition) is 8. The third kappa shape index (κ3) is 6.19. The molecule has 2 unspecified atom stereocenters. The first-order valence-corrected chi connectivity index (χ1v) is 16.7. The summed E-state index contributed by atoms with van der Waals surface area (Å²) in [7, 11) is -2.33. The minimum absolute atomic E-state index is 0.123. The highest BCUT2D eigenvalue weighted by atomic mass is 32.2. The Balaban J connectivity index is 1.13. The molecule has 3 fully saturated rings. The molecule has 3 aliphatic rings. The van der Waals surface area contributed by atoms with Crippen molar-refractivity contribution >= 4 is 44.6 Å². The summed E-state index contributed by atoms with van der Waals surface area (Å²) < 4.78 is 53.7. The van der Waals surface area contributed by atoms with E-state index in [1.54, 1.807) is 47.4 Å². The van der Waals surface area contributed by atoms with Gasteiger partial charge < -0.3 is 19.3 Å². The van der Waals surface area contributed by atoms with E-state index in [2.05, 4.69) is 4.74 Å². The molecule has 2 aliphatic heterocycles. The van der Waals surface area contributed by atoms with Gasteiger partial charge in [-0.1, -0.05) is 18.2 Å². The van der Waals surface area contributed by atoms with Crippen molar-refractivity contribution < 1.29 is 31.9 Å². The molecule has 3 heterocycles. The first-order chi connectivity index (χ1) is 20.8. The summed E-state index contributed by atoms with van der Waals surface area (Å²) in [5, 5.41) is 1.84. The summed E-state index contributed by atoms with van der Waals surface area (Å²) in [6, 6.07) is 15.2. The monoisotopic (exact) mass is 627 g/mol. The number of esters is 1. The molecule has 12 heteroatoms. The van der Waals surface area contributed by atoms with Crippen molar-refractivity contribution in [3.05, 3.63) is 76.2 Å². The average molecular weight is 628 g/mol. The second kappa shape index (κ2) is 12.4. The van der Waals surface area contributed by atoms with Crippen molar-refractivity contribution in [2.45, 2.75) is 17.7 Å². The van der Waals surface area contributed by atoms with Crippen LogP contribution in [0.3, 0.4) is 0 Å². The number of nitrogens with zero attached hydrogens (tertiary/aromatic N) is 3. The maximum absolute atomic E-state index is 15.3. The Hall–Kier alpha value is -3.32. The predicted molar refractivity (Wildman–Crippen MR) is 161 cm³/mol. The molecule has 228 valence electrons. The zero-order valence-electron chi connectivity index (χ0n) is 23.9. The number of amides is 1. The van der Waals surface area contributed by atoms with Crippen LogP contribution in [0.5, 0.6) is 0 Å². The molecule has 0 N–H and O–H groups in total. The number of anilines is 2. The van der Waals surface area contributed by atoms with E-state index >= 15 is 4.39 Å². The fourth-order valence-corrected chi connectivity index (χ4v) is 8.36. The van der Waals surface area contributed by atoms with Gasteiger partial charge in [0.15, 0.2) is 0 Å². The zero-order chi connectivity index (χ0) is 30.1. The van der Waals surface area contributed by atoms with Gasteiger partial charge in [-0.3, -0.25) is 9.59 Å². The smallest absolute Gasteiger partial charge is 0.305 e. The van der Waals surface area contributed by atoms with Crippen LogP contribution in [0.25, 0.3) is 0 Å². The van der Waals surface area contributed by atoms with Gasteiger partial charge in [0.25, 0.3) is 5.91 Å². The van der Waals surface area contributed by atoms with Gasteiger partial charge in [-0.05, 0) is 71.5 Å². The van der Waals surface area contributed by atoms with E-state index in [0.29, 0.717) is 68.6 Å². The number of ether oxygens (including phenoxy) is 2. The van der Waals surface area contributed by atoms with Crippen molar-refractivity contribution in [1.29, 1.82) is 0 Å². The molecule has 0 bridgehead atoms.